The van der Waals surface area contributed by atoms with E-state index in [9.17, 15) is 0 Å². The highest BCUT2D eigenvalue weighted by Crippen LogP contribution is 2.38. The number of likely N-dealkylation sites (N-methyl/N-ethyl adjacent to an activating group) is 1. The molecule has 1 heterocycles. The molecule has 1 saturated heterocycles. The Bertz CT molecular complexity index is 285. The van der Waals surface area contributed by atoms with Crippen molar-refractivity contribution in [2.24, 2.45) is 5.41 Å². The largest absolute Gasteiger partial charge is 0.378 e. The van der Waals surface area contributed by atoms with Gasteiger partial charge in [-0.15, -0.1) is 0 Å². The zero-order valence-corrected chi connectivity index (χ0v) is 14.0. The maximum absolute atomic E-state index is 5.79. The molecule has 3 nitrogen and oxygen atoms in total. The van der Waals surface area contributed by atoms with Crippen molar-refractivity contribution in [3.63, 3.8) is 0 Å². The van der Waals surface area contributed by atoms with Crippen LogP contribution in [0.3, 0.4) is 0 Å². The molecule has 0 aromatic rings. The minimum Gasteiger partial charge on any atom is -0.378 e. The van der Waals surface area contributed by atoms with E-state index in [1.807, 2.05) is 0 Å². The van der Waals surface area contributed by atoms with Crippen LogP contribution < -0.4 is 5.32 Å². The van der Waals surface area contributed by atoms with Crippen LogP contribution in [-0.4, -0.2) is 49.3 Å². The van der Waals surface area contributed by atoms with Crippen molar-refractivity contribution in [2.75, 3.05) is 26.2 Å². The van der Waals surface area contributed by atoms with Gasteiger partial charge in [-0.05, 0) is 44.6 Å². The van der Waals surface area contributed by atoms with Crippen molar-refractivity contribution in [1.29, 1.82) is 0 Å². The number of piperidine rings is 1. The van der Waals surface area contributed by atoms with Crippen LogP contribution in [0, 0.1) is 5.41 Å². The Morgan fingerprint density at radius 1 is 1.15 bits per heavy atom. The molecule has 0 amide bonds. The Kier molecular flexibility index (Phi) is 5.88. The van der Waals surface area contributed by atoms with E-state index in [-0.39, 0.29) is 0 Å². The summed E-state index contributed by atoms with van der Waals surface area (Å²) < 4.78 is 5.79. The summed E-state index contributed by atoms with van der Waals surface area (Å²) in [6.07, 6.45) is 7.03. The van der Waals surface area contributed by atoms with E-state index >= 15 is 0 Å². The Hall–Kier alpha value is -0.120. The van der Waals surface area contributed by atoms with Crippen molar-refractivity contribution >= 4 is 0 Å². The first-order chi connectivity index (χ1) is 9.58. The monoisotopic (exact) mass is 282 g/mol. The summed E-state index contributed by atoms with van der Waals surface area (Å²) >= 11 is 0. The third-order valence-corrected chi connectivity index (χ3v) is 5.32. The van der Waals surface area contributed by atoms with Crippen molar-refractivity contribution in [3.8, 4) is 0 Å². The van der Waals surface area contributed by atoms with Crippen LogP contribution in [0.5, 0.6) is 0 Å². The zero-order valence-electron chi connectivity index (χ0n) is 14.0. The van der Waals surface area contributed by atoms with Crippen molar-refractivity contribution < 1.29 is 4.74 Å². The maximum atomic E-state index is 5.79. The average Bonchev–Trinajstić information content (AvgIpc) is 2.42. The first-order valence-corrected chi connectivity index (χ1v) is 8.67. The van der Waals surface area contributed by atoms with E-state index in [1.54, 1.807) is 0 Å². The lowest BCUT2D eigenvalue weighted by Crippen LogP contribution is -2.60. The zero-order chi connectivity index (χ0) is 14.6. The summed E-state index contributed by atoms with van der Waals surface area (Å²) in [4.78, 5) is 2.74. The number of hydrogen-bond acceptors (Lipinski definition) is 3. The summed E-state index contributed by atoms with van der Waals surface area (Å²) in [7, 11) is 0. The highest BCUT2D eigenvalue weighted by atomic mass is 16.5. The van der Waals surface area contributed by atoms with Gasteiger partial charge < -0.3 is 10.1 Å². The molecule has 0 aromatic carbocycles. The van der Waals surface area contributed by atoms with Crippen LogP contribution in [0.1, 0.15) is 59.8 Å². The summed E-state index contributed by atoms with van der Waals surface area (Å²) in [5.74, 6) is 0. The lowest BCUT2D eigenvalue weighted by molar-refractivity contribution is -0.0199. The lowest BCUT2D eigenvalue weighted by atomic mass is 9.70. The minimum atomic E-state index is 0.426. The molecule has 3 heteroatoms. The quantitative estimate of drug-likeness (QED) is 0.839. The van der Waals surface area contributed by atoms with Crippen molar-refractivity contribution in [3.05, 3.63) is 0 Å². The van der Waals surface area contributed by atoms with Gasteiger partial charge in [0.15, 0.2) is 0 Å². The second-order valence-electron chi connectivity index (χ2n) is 7.17. The van der Waals surface area contributed by atoms with Crippen LogP contribution in [0.2, 0.25) is 0 Å². The van der Waals surface area contributed by atoms with Gasteiger partial charge in [0.05, 0.1) is 6.10 Å². The van der Waals surface area contributed by atoms with Gasteiger partial charge in [0, 0.05) is 31.8 Å². The number of nitrogens with one attached hydrogen (secondary N) is 1. The molecule has 0 aromatic heterocycles. The fraction of sp³-hybridized carbons (Fsp3) is 1.00. The molecule has 2 atom stereocenters. The molecular formula is C17H34N2O. The molecule has 1 aliphatic carbocycles. The Balaban J connectivity index is 1.96. The normalized spacial score (nSPS) is 32.4. The maximum Gasteiger partial charge on any atom is 0.0599 e. The van der Waals surface area contributed by atoms with Gasteiger partial charge in [0.2, 0.25) is 0 Å². The first kappa shape index (κ1) is 16.3. The van der Waals surface area contributed by atoms with Crippen molar-refractivity contribution in [2.45, 2.75) is 78.0 Å². The standard InChI is InChI=1S/C17H34N2O/c1-5-18-16-15(8-7-11-17(16,3)4)19-12-9-14(10-13-19)20-6-2/h14-16,18H,5-13H2,1-4H3. The van der Waals surface area contributed by atoms with Crippen LogP contribution in [-0.2, 0) is 4.74 Å². The SMILES string of the molecule is CCNC1C(N2CCC(OCC)CC2)CCCC1(C)C. The third kappa shape index (κ3) is 3.75. The lowest BCUT2D eigenvalue weighted by Gasteiger charge is -2.50. The molecule has 0 bridgehead atoms. The van der Waals surface area contributed by atoms with Crippen LogP contribution >= 0.6 is 0 Å². The Labute approximate surface area is 125 Å². The third-order valence-electron chi connectivity index (χ3n) is 5.32. The molecular weight excluding hydrogens is 248 g/mol. The molecule has 0 radical (unpaired) electrons. The number of hydrogen-bond donors (Lipinski definition) is 1. The first-order valence-electron chi connectivity index (χ1n) is 8.67. The molecule has 0 spiro atoms. The molecule has 1 aliphatic heterocycles. The summed E-state index contributed by atoms with van der Waals surface area (Å²) in [5, 5.41) is 3.79. The summed E-state index contributed by atoms with van der Waals surface area (Å²) in [6.45, 7) is 13.6. The number of nitrogens with zero attached hydrogens (tertiary/aromatic N) is 1. The minimum absolute atomic E-state index is 0.426. The number of likely N-dealkylation sites (tertiary alicyclic amines) is 1. The topological polar surface area (TPSA) is 24.5 Å². The van der Waals surface area contributed by atoms with Crippen LogP contribution in [0.4, 0.5) is 0 Å². The predicted molar refractivity (Wildman–Crippen MR) is 85.1 cm³/mol. The van der Waals surface area contributed by atoms with Gasteiger partial charge in [0.1, 0.15) is 0 Å². The van der Waals surface area contributed by atoms with Gasteiger partial charge in [-0.2, -0.15) is 0 Å². The van der Waals surface area contributed by atoms with Gasteiger partial charge in [-0.25, -0.2) is 0 Å². The summed E-state index contributed by atoms with van der Waals surface area (Å²) in [6, 6.07) is 1.37. The van der Waals surface area contributed by atoms with E-state index in [0.29, 0.717) is 17.6 Å². The Morgan fingerprint density at radius 3 is 2.45 bits per heavy atom. The molecule has 1 N–H and O–H groups in total. The molecule has 1 saturated carbocycles. The number of rotatable bonds is 5. The second kappa shape index (κ2) is 7.24. The number of ether oxygens (including phenoxy) is 1. The highest BCUT2D eigenvalue weighted by Gasteiger charge is 2.41. The molecule has 20 heavy (non-hydrogen) atoms. The second-order valence-corrected chi connectivity index (χ2v) is 7.17. The van der Waals surface area contributed by atoms with Gasteiger partial charge >= 0.3 is 0 Å². The van der Waals surface area contributed by atoms with Crippen LogP contribution in [0.15, 0.2) is 0 Å². The van der Waals surface area contributed by atoms with E-state index < -0.39 is 0 Å². The summed E-state index contributed by atoms with van der Waals surface area (Å²) in [5.41, 5.74) is 0.426. The fourth-order valence-corrected chi connectivity index (χ4v) is 4.25. The molecule has 2 aliphatic rings. The van der Waals surface area contributed by atoms with Gasteiger partial charge in [0.25, 0.3) is 0 Å². The van der Waals surface area contributed by atoms with E-state index in [2.05, 4.69) is 37.9 Å². The molecule has 118 valence electrons. The average molecular weight is 282 g/mol. The van der Waals surface area contributed by atoms with Crippen LogP contribution in [0.25, 0.3) is 0 Å². The molecule has 2 fully saturated rings. The van der Waals surface area contributed by atoms with E-state index in [4.69, 9.17) is 4.74 Å². The smallest absolute Gasteiger partial charge is 0.0599 e. The highest BCUT2D eigenvalue weighted by molar-refractivity contribution is 4.98. The molecule has 2 unspecified atom stereocenters. The Morgan fingerprint density at radius 2 is 1.85 bits per heavy atom. The predicted octanol–water partition coefficient (Wildman–Crippen LogP) is 3.04. The molecule has 2 rings (SSSR count). The van der Waals surface area contributed by atoms with Crippen molar-refractivity contribution in [1.82, 2.24) is 10.2 Å². The van der Waals surface area contributed by atoms with Gasteiger partial charge in [-0.1, -0.05) is 27.2 Å². The van der Waals surface area contributed by atoms with E-state index in [1.165, 1.54) is 45.2 Å². The van der Waals surface area contributed by atoms with E-state index in [0.717, 1.165) is 19.2 Å². The van der Waals surface area contributed by atoms with Gasteiger partial charge in [-0.3, -0.25) is 4.90 Å². The fourth-order valence-electron chi connectivity index (χ4n) is 4.25.